The number of rotatable bonds is 8. The highest BCUT2D eigenvalue weighted by Crippen LogP contribution is 2.36. The molecule has 3 aromatic heterocycles. The first-order valence-corrected chi connectivity index (χ1v) is 16.6. The van der Waals surface area contributed by atoms with E-state index in [1.807, 2.05) is 43.3 Å². The summed E-state index contributed by atoms with van der Waals surface area (Å²) in [5, 5.41) is 8.68. The number of nitrogens with zero attached hydrogens (tertiary/aromatic N) is 3. The Labute approximate surface area is 255 Å². The zero-order chi connectivity index (χ0) is 30.4. The Bertz CT molecular complexity index is 2130. The van der Waals surface area contributed by atoms with Crippen LogP contribution in [0, 0.1) is 12.7 Å². The summed E-state index contributed by atoms with van der Waals surface area (Å²) in [6.07, 6.45) is 3.62. The van der Waals surface area contributed by atoms with E-state index in [9.17, 15) is 12.8 Å². The molecule has 4 heterocycles. The third-order valence-electron chi connectivity index (χ3n) is 8.30. The fraction of sp³-hybridized carbons (Fsp3) is 0.235. The number of aromatic amines is 2. The van der Waals surface area contributed by atoms with Crippen molar-refractivity contribution in [3.63, 3.8) is 0 Å². The third kappa shape index (κ3) is 5.76. The number of aryl methyl sites for hydroxylation is 1. The molecular formula is C34H33FN6O2S. The van der Waals surface area contributed by atoms with Gasteiger partial charge >= 0.3 is 0 Å². The molecule has 0 radical (unpaired) electrons. The summed E-state index contributed by atoms with van der Waals surface area (Å²) < 4.78 is 40.4. The fourth-order valence-corrected chi connectivity index (χ4v) is 6.57. The molecule has 6 aromatic rings. The van der Waals surface area contributed by atoms with Gasteiger partial charge in [-0.05, 0) is 103 Å². The van der Waals surface area contributed by atoms with Crippen LogP contribution in [0.3, 0.4) is 0 Å². The number of likely N-dealkylation sites (tertiary alicyclic amines) is 1. The number of hydrogen-bond acceptors (Lipinski definition) is 5. The van der Waals surface area contributed by atoms with Crippen LogP contribution in [0.4, 0.5) is 4.39 Å². The predicted molar refractivity (Wildman–Crippen MR) is 173 cm³/mol. The SMILES string of the molecule is Cc1ccc(-c2cc(F)cc(CNS(C)(=O)=O)c2)c2cc(-c3n[nH]c4ccc(-c5cccc(CN6CCCC6)c5)nc34)[nH]c12. The molecule has 0 unspecified atom stereocenters. The van der Waals surface area contributed by atoms with Crippen molar-refractivity contribution < 1.29 is 12.8 Å². The normalized spacial score (nSPS) is 14.2. The lowest BCUT2D eigenvalue weighted by Gasteiger charge is -2.15. The van der Waals surface area contributed by atoms with Crippen LogP contribution in [-0.2, 0) is 23.1 Å². The van der Waals surface area contributed by atoms with Gasteiger partial charge in [0.2, 0.25) is 10.0 Å². The second kappa shape index (κ2) is 11.3. The van der Waals surface area contributed by atoms with E-state index in [0.717, 1.165) is 75.9 Å². The van der Waals surface area contributed by atoms with Gasteiger partial charge in [0.1, 0.15) is 17.0 Å². The first-order chi connectivity index (χ1) is 21.2. The molecule has 8 nitrogen and oxygen atoms in total. The second-order valence-electron chi connectivity index (χ2n) is 11.7. The summed E-state index contributed by atoms with van der Waals surface area (Å²) in [6, 6.07) is 23.2. The minimum atomic E-state index is -3.42. The van der Waals surface area contributed by atoms with Crippen LogP contribution in [0.25, 0.3) is 55.7 Å². The van der Waals surface area contributed by atoms with Crippen LogP contribution in [-0.4, -0.2) is 52.8 Å². The molecular weight excluding hydrogens is 575 g/mol. The Kier molecular flexibility index (Phi) is 7.28. The van der Waals surface area contributed by atoms with E-state index >= 15 is 0 Å². The van der Waals surface area contributed by atoms with Gasteiger partial charge in [0, 0.05) is 29.6 Å². The summed E-state index contributed by atoms with van der Waals surface area (Å²) >= 11 is 0. The number of halogens is 1. The minimum absolute atomic E-state index is 0.00537. The molecule has 1 fully saturated rings. The van der Waals surface area contributed by atoms with E-state index in [0.29, 0.717) is 16.8 Å². The first kappa shape index (κ1) is 28.4. The van der Waals surface area contributed by atoms with E-state index in [1.54, 1.807) is 0 Å². The van der Waals surface area contributed by atoms with Gasteiger partial charge in [0.25, 0.3) is 0 Å². The van der Waals surface area contributed by atoms with Crippen molar-refractivity contribution >= 4 is 32.0 Å². The maximum Gasteiger partial charge on any atom is 0.209 e. The van der Waals surface area contributed by atoms with E-state index < -0.39 is 15.8 Å². The molecule has 44 heavy (non-hydrogen) atoms. The van der Waals surface area contributed by atoms with E-state index in [-0.39, 0.29) is 6.54 Å². The molecule has 3 aromatic carbocycles. The molecule has 0 atom stereocenters. The molecule has 0 aliphatic carbocycles. The number of nitrogens with one attached hydrogen (secondary N) is 3. The van der Waals surface area contributed by atoms with Crippen molar-refractivity contribution in [2.75, 3.05) is 19.3 Å². The Hall–Kier alpha value is -4.38. The highest BCUT2D eigenvalue weighted by molar-refractivity contribution is 7.88. The van der Waals surface area contributed by atoms with Crippen molar-refractivity contribution in [2.45, 2.75) is 32.9 Å². The molecule has 0 amide bonds. The molecule has 0 spiro atoms. The van der Waals surface area contributed by atoms with Crippen LogP contribution in [0.15, 0.2) is 72.8 Å². The Morgan fingerprint density at radius 3 is 2.59 bits per heavy atom. The van der Waals surface area contributed by atoms with E-state index in [2.05, 4.69) is 49.1 Å². The summed E-state index contributed by atoms with van der Waals surface area (Å²) in [5.41, 5.74) is 10.3. The Balaban J connectivity index is 1.27. The van der Waals surface area contributed by atoms with Crippen LogP contribution in [0.1, 0.15) is 29.5 Å². The number of fused-ring (bicyclic) bond motifs is 2. The van der Waals surface area contributed by atoms with Gasteiger partial charge in [-0.25, -0.2) is 22.5 Å². The first-order valence-electron chi connectivity index (χ1n) is 14.7. The van der Waals surface area contributed by atoms with Crippen molar-refractivity contribution in [2.24, 2.45) is 0 Å². The molecule has 3 N–H and O–H groups in total. The number of H-pyrrole nitrogens is 2. The molecule has 1 saturated heterocycles. The zero-order valence-corrected chi connectivity index (χ0v) is 25.4. The fourth-order valence-electron chi connectivity index (χ4n) is 6.14. The molecule has 0 bridgehead atoms. The monoisotopic (exact) mass is 608 g/mol. The molecule has 1 aliphatic rings. The minimum Gasteiger partial charge on any atom is -0.353 e. The standard InChI is InChI=1S/C34H33FN6O2S/c1-21-8-9-27(25-15-23(16-26(35)17-25)19-36-44(2,42)43)28-18-31(38-32(21)28)34-33-30(39-40-34)11-10-29(37-33)24-7-5-6-22(14-24)20-41-12-3-4-13-41/h5-11,14-18,36,38H,3-4,12-13,19-20H2,1-2H3,(H,39,40). The lowest BCUT2D eigenvalue weighted by molar-refractivity contribution is 0.331. The van der Waals surface area contributed by atoms with E-state index in [4.69, 9.17) is 4.98 Å². The average Bonchev–Trinajstić information content (AvgIpc) is 3.76. The summed E-state index contributed by atoms with van der Waals surface area (Å²) in [5.74, 6) is -0.434. The van der Waals surface area contributed by atoms with Crippen LogP contribution in [0.2, 0.25) is 0 Å². The topological polar surface area (TPSA) is 107 Å². The van der Waals surface area contributed by atoms with Gasteiger partial charge in [0.15, 0.2) is 0 Å². The van der Waals surface area contributed by atoms with Gasteiger partial charge in [-0.1, -0.05) is 30.3 Å². The average molecular weight is 609 g/mol. The van der Waals surface area contributed by atoms with Gasteiger partial charge in [-0.3, -0.25) is 10.00 Å². The van der Waals surface area contributed by atoms with Gasteiger partial charge in [-0.15, -0.1) is 0 Å². The highest BCUT2D eigenvalue weighted by atomic mass is 32.2. The quantitative estimate of drug-likeness (QED) is 0.182. The Morgan fingerprint density at radius 2 is 1.77 bits per heavy atom. The number of aromatic nitrogens is 4. The lowest BCUT2D eigenvalue weighted by Crippen LogP contribution is -2.21. The molecule has 0 saturated carbocycles. The second-order valence-corrected chi connectivity index (χ2v) is 13.5. The van der Waals surface area contributed by atoms with Crippen molar-refractivity contribution in [3.05, 3.63) is 95.3 Å². The number of sulfonamides is 1. The highest BCUT2D eigenvalue weighted by Gasteiger charge is 2.18. The van der Waals surface area contributed by atoms with Crippen LogP contribution >= 0.6 is 0 Å². The maximum atomic E-state index is 14.7. The smallest absolute Gasteiger partial charge is 0.209 e. The van der Waals surface area contributed by atoms with Crippen LogP contribution < -0.4 is 4.72 Å². The third-order valence-corrected chi connectivity index (χ3v) is 8.97. The van der Waals surface area contributed by atoms with Gasteiger partial charge in [-0.2, -0.15) is 5.10 Å². The molecule has 10 heteroatoms. The van der Waals surface area contributed by atoms with E-state index in [1.165, 1.54) is 30.5 Å². The number of benzene rings is 3. The zero-order valence-electron chi connectivity index (χ0n) is 24.6. The number of hydrogen-bond donors (Lipinski definition) is 3. The van der Waals surface area contributed by atoms with Crippen molar-refractivity contribution in [3.8, 4) is 33.8 Å². The predicted octanol–water partition coefficient (Wildman–Crippen LogP) is 6.53. The maximum absolute atomic E-state index is 14.7. The Morgan fingerprint density at radius 1 is 0.955 bits per heavy atom. The van der Waals surface area contributed by atoms with Crippen LogP contribution in [0.5, 0.6) is 0 Å². The molecule has 224 valence electrons. The summed E-state index contributed by atoms with van der Waals surface area (Å²) in [4.78, 5) is 11.1. The summed E-state index contributed by atoms with van der Waals surface area (Å²) in [6.45, 7) is 5.28. The molecule has 7 rings (SSSR count). The number of pyridine rings is 1. The largest absolute Gasteiger partial charge is 0.353 e. The van der Waals surface area contributed by atoms with Crippen molar-refractivity contribution in [1.82, 2.24) is 29.8 Å². The van der Waals surface area contributed by atoms with Gasteiger partial charge in [0.05, 0.1) is 23.2 Å². The van der Waals surface area contributed by atoms with Crippen molar-refractivity contribution in [1.29, 1.82) is 0 Å². The molecule has 1 aliphatic heterocycles. The van der Waals surface area contributed by atoms with Gasteiger partial charge < -0.3 is 4.98 Å². The summed E-state index contributed by atoms with van der Waals surface area (Å²) in [7, 11) is -3.42. The lowest BCUT2D eigenvalue weighted by atomic mass is 9.97.